The van der Waals surface area contributed by atoms with Gasteiger partial charge in [0, 0.05) is 12.1 Å². The van der Waals surface area contributed by atoms with Gasteiger partial charge in [0.25, 0.3) is 0 Å². The van der Waals surface area contributed by atoms with Crippen molar-refractivity contribution in [1.82, 2.24) is 0 Å². The maximum absolute atomic E-state index is 14.6. The Bertz CT molecular complexity index is 1210. The van der Waals surface area contributed by atoms with E-state index in [9.17, 15) is 9.18 Å². The molecule has 0 saturated heterocycles. The number of aliphatic carboxylic acids is 1. The van der Waals surface area contributed by atoms with Crippen LogP contribution >= 0.6 is 0 Å². The number of rotatable bonds is 11. The molecular formula is C32H38FNO2. The van der Waals surface area contributed by atoms with Crippen LogP contribution in [0.4, 0.5) is 10.1 Å². The third-order valence-corrected chi connectivity index (χ3v) is 7.45. The highest BCUT2D eigenvalue weighted by atomic mass is 19.1. The van der Waals surface area contributed by atoms with Gasteiger partial charge in [0.2, 0.25) is 0 Å². The molecule has 1 aliphatic carbocycles. The van der Waals surface area contributed by atoms with Crippen LogP contribution < -0.4 is 5.32 Å². The van der Waals surface area contributed by atoms with Crippen molar-refractivity contribution in [2.45, 2.75) is 84.6 Å². The lowest BCUT2D eigenvalue weighted by molar-refractivity contribution is -0.136. The van der Waals surface area contributed by atoms with Gasteiger partial charge >= 0.3 is 5.97 Å². The number of fused-ring (bicyclic) bond motifs is 1. The van der Waals surface area contributed by atoms with Crippen molar-refractivity contribution in [2.75, 3.05) is 5.32 Å². The molecule has 1 atom stereocenters. The van der Waals surface area contributed by atoms with Crippen molar-refractivity contribution in [1.29, 1.82) is 0 Å². The minimum atomic E-state index is -0.915. The fourth-order valence-corrected chi connectivity index (χ4v) is 5.70. The maximum Gasteiger partial charge on any atom is 0.303 e. The fraction of sp³-hybridized carbons (Fsp3) is 0.406. The molecule has 4 heteroatoms. The predicted molar refractivity (Wildman–Crippen MR) is 146 cm³/mol. The second-order valence-corrected chi connectivity index (χ2v) is 10.2. The van der Waals surface area contributed by atoms with Crippen LogP contribution in [0.15, 0.2) is 48.5 Å². The van der Waals surface area contributed by atoms with E-state index in [0.717, 1.165) is 24.9 Å². The topological polar surface area (TPSA) is 49.3 Å². The van der Waals surface area contributed by atoms with Gasteiger partial charge in [0.15, 0.2) is 0 Å². The first kappa shape index (κ1) is 25.9. The molecule has 3 aromatic carbocycles. The number of unbranched alkanes of at least 4 members (excludes halogenated alkanes) is 3. The molecule has 3 aromatic rings. The summed E-state index contributed by atoms with van der Waals surface area (Å²) in [6, 6.07) is 16.5. The van der Waals surface area contributed by atoms with Gasteiger partial charge in [0.05, 0.1) is 6.04 Å². The zero-order valence-electron chi connectivity index (χ0n) is 21.8. The van der Waals surface area contributed by atoms with Crippen molar-refractivity contribution in [3.8, 4) is 11.1 Å². The monoisotopic (exact) mass is 487 g/mol. The summed E-state index contributed by atoms with van der Waals surface area (Å²) < 4.78 is 14.6. The number of aryl methyl sites for hydroxylation is 4. The van der Waals surface area contributed by atoms with Gasteiger partial charge in [-0.1, -0.05) is 62.6 Å². The van der Waals surface area contributed by atoms with E-state index in [0.29, 0.717) is 5.56 Å². The highest BCUT2D eigenvalue weighted by Crippen LogP contribution is 2.41. The van der Waals surface area contributed by atoms with Crippen molar-refractivity contribution >= 4 is 11.7 Å². The van der Waals surface area contributed by atoms with Gasteiger partial charge in [-0.05, 0) is 103 Å². The van der Waals surface area contributed by atoms with E-state index < -0.39 is 5.97 Å². The number of benzene rings is 3. The molecule has 0 heterocycles. The van der Waals surface area contributed by atoms with Crippen molar-refractivity contribution in [3.63, 3.8) is 0 Å². The molecule has 0 radical (unpaired) electrons. The Morgan fingerprint density at radius 3 is 2.50 bits per heavy atom. The zero-order valence-corrected chi connectivity index (χ0v) is 21.8. The fourth-order valence-electron chi connectivity index (χ4n) is 5.70. The lowest BCUT2D eigenvalue weighted by atomic mass is 9.88. The Kier molecular flexibility index (Phi) is 8.45. The highest BCUT2D eigenvalue weighted by Gasteiger charge is 2.26. The van der Waals surface area contributed by atoms with Crippen molar-refractivity contribution in [3.05, 3.63) is 87.7 Å². The summed E-state index contributed by atoms with van der Waals surface area (Å²) in [7, 11) is 0. The van der Waals surface area contributed by atoms with E-state index in [-0.39, 0.29) is 24.7 Å². The van der Waals surface area contributed by atoms with E-state index in [4.69, 9.17) is 5.11 Å². The van der Waals surface area contributed by atoms with Gasteiger partial charge < -0.3 is 10.4 Å². The average Bonchev–Trinajstić information content (AvgIpc) is 3.24. The van der Waals surface area contributed by atoms with Crippen LogP contribution in [0.25, 0.3) is 11.1 Å². The van der Waals surface area contributed by atoms with Gasteiger partial charge in [-0.2, -0.15) is 0 Å². The lowest BCUT2D eigenvalue weighted by Crippen LogP contribution is -2.08. The van der Waals surface area contributed by atoms with Gasteiger partial charge in [-0.3, -0.25) is 4.79 Å². The van der Waals surface area contributed by atoms with E-state index in [2.05, 4.69) is 56.4 Å². The van der Waals surface area contributed by atoms with Gasteiger partial charge in [-0.25, -0.2) is 4.39 Å². The number of carboxylic acids is 1. The number of hydrogen-bond acceptors (Lipinski definition) is 2. The number of nitrogens with one attached hydrogen (secondary N) is 1. The molecule has 0 aliphatic heterocycles. The molecule has 0 amide bonds. The Morgan fingerprint density at radius 1 is 1.03 bits per heavy atom. The molecule has 0 saturated carbocycles. The average molecular weight is 488 g/mol. The van der Waals surface area contributed by atoms with Crippen LogP contribution in [0, 0.1) is 19.7 Å². The first-order valence-electron chi connectivity index (χ1n) is 13.4. The smallest absolute Gasteiger partial charge is 0.303 e. The molecule has 36 heavy (non-hydrogen) atoms. The highest BCUT2D eigenvalue weighted by molar-refractivity contribution is 5.76. The van der Waals surface area contributed by atoms with Crippen molar-refractivity contribution < 1.29 is 14.3 Å². The van der Waals surface area contributed by atoms with Crippen LogP contribution in [-0.4, -0.2) is 11.1 Å². The number of hydrogen-bond donors (Lipinski definition) is 2. The molecule has 0 aromatic heterocycles. The predicted octanol–water partition coefficient (Wildman–Crippen LogP) is 8.35. The third-order valence-electron chi connectivity index (χ3n) is 7.45. The Labute approximate surface area is 214 Å². The largest absolute Gasteiger partial charge is 0.481 e. The number of carbonyl (C=O) groups is 1. The van der Waals surface area contributed by atoms with Crippen LogP contribution in [0.1, 0.15) is 84.9 Å². The van der Waals surface area contributed by atoms with Crippen molar-refractivity contribution in [2.24, 2.45) is 0 Å². The van der Waals surface area contributed by atoms with Gasteiger partial charge in [0.1, 0.15) is 5.82 Å². The molecular weight excluding hydrogens is 449 g/mol. The maximum atomic E-state index is 14.6. The summed E-state index contributed by atoms with van der Waals surface area (Å²) in [6.07, 6.45) is 8.35. The zero-order chi connectivity index (χ0) is 25.7. The Morgan fingerprint density at radius 2 is 1.81 bits per heavy atom. The second-order valence-electron chi connectivity index (χ2n) is 10.2. The Hall–Kier alpha value is -3.14. The standard InChI is InChI=1S/C32H38FNO2/c1-4-5-6-7-9-23-18-21(2)32(22(3)19-23)28-11-8-10-27-26(28)15-16-30(27)34-25-14-12-24(29(33)20-25)13-17-31(35)36/h8,10-12,14,18-20,30,34H,4-7,9,13,15-17H2,1-3H3,(H,35,36). The van der Waals surface area contributed by atoms with E-state index >= 15 is 0 Å². The number of halogens is 1. The lowest BCUT2D eigenvalue weighted by Gasteiger charge is -2.19. The van der Waals surface area contributed by atoms with E-state index in [1.807, 2.05) is 6.07 Å². The molecule has 0 bridgehead atoms. The summed E-state index contributed by atoms with van der Waals surface area (Å²) in [6.45, 7) is 6.72. The minimum Gasteiger partial charge on any atom is -0.481 e. The molecule has 3 nitrogen and oxygen atoms in total. The first-order chi connectivity index (χ1) is 17.4. The van der Waals surface area contributed by atoms with Crippen LogP contribution in [0.3, 0.4) is 0 Å². The number of anilines is 1. The van der Waals surface area contributed by atoms with Crippen LogP contribution in [0.5, 0.6) is 0 Å². The quantitative estimate of drug-likeness (QED) is 0.267. The molecule has 0 spiro atoms. The molecule has 2 N–H and O–H groups in total. The third kappa shape index (κ3) is 5.98. The first-order valence-corrected chi connectivity index (χ1v) is 13.4. The summed E-state index contributed by atoms with van der Waals surface area (Å²) >= 11 is 0. The Balaban J connectivity index is 1.53. The SMILES string of the molecule is CCCCCCc1cc(C)c(-c2cccc3c2CCC3Nc2ccc(CCC(=O)O)c(F)c2)c(C)c1. The molecule has 190 valence electrons. The summed E-state index contributed by atoms with van der Waals surface area (Å²) in [5.74, 6) is -1.27. The molecule has 1 aliphatic rings. The summed E-state index contributed by atoms with van der Waals surface area (Å²) in [5.41, 5.74) is 10.6. The molecule has 1 unspecified atom stereocenters. The van der Waals surface area contributed by atoms with E-state index in [1.165, 1.54) is 70.7 Å². The summed E-state index contributed by atoms with van der Waals surface area (Å²) in [4.78, 5) is 10.8. The summed E-state index contributed by atoms with van der Waals surface area (Å²) in [5, 5.41) is 12.4. The van der Waals surface area contributed by atoms with Crippen LogP contribution in [0.2, 0.25) is 0 Å². The minimum absolute atomic E-state index is 0.0683. The van der Waals surface area contributed by atoms with Crippen LogP contribution in [-0.2, 0) is 24.1 Å². The number of carboxylic acid groups (broad SMARTS) is 1. The molecule has 0 fully saturated rings. The second kappa shape index (κ2) is 11.7. The van der Waals surface area contributed by atoms with Gasteiger partial charge in [-0.15, -0.1) is 0 Å². The molecule has 4 rings (SSSR count). The normalized spacial score (nSPS) is 14.6. The van der Waals surface area contributed by atoms with E-state index in [1.54, 1.807) is 6.07 Å².